The van der Waals surface area contributed by atoms with Gasteiger partial charge in [-0.05, 0) is 24.5 Å². The Morgan fingerprint density at radius 3 is 2.91 bits per heavy atom. The molecule has 0 saturated carbocycles. The summed E-state index contributed by atoms with van der Waals surface area (Å²) in [6, 6.07) is 5.97. The van der Waals surface area contributed by atoms with Crippen molar-refractivity contribution in [2.45, 2.75) is 31.1 Å². The third kappa shape index (κ3) is 4.09. The van der Waals surface area contributed by atoms with Gasteiger partial charge in [-0.1, -0.05) is 12.1 Å². The summed E-state index contributed by atoms with van der Waals surface area (Å²) in [5.41, 5.74) is 1.07. The van der Waals surface area contributed by atoms with E-state index < -0.39 is 12.7 Å². The molecule has 1 fully saturated rings. The summed E-state index contributed by atoms with van der Waals surface area (Å²) in [7, 11) is 1.61. The molecule has 1 aromatic rings. The van der Waals surface area contributed by atoms with Gasteiger partial charge in [0.15, 0.2) is 11.5 Å². The molecule has 1 N–H and O–H groups in total. The highest BCUT2D eigenvalue weighted by atomic mass is 19.4. The second kappa shape index (κ2) is 6.57. The Morgan fingerprint density at radius 2 is 2.17 bits per heavy atom. The van der Waals surface area contributed by atoms with E-state index in [1.165, 1.54) is 4.90 Å². The molecule has 0 aromatic heterocycles. The van der Waals surface area contributed by atoms with E-state index in [4.69, 9.17) is 9.47 Å². The monoisotopic (exact) mass is 330 g/mol. The summed E-state index contributed by atoms with van der Waals surface area (Å²) in [6.45, 7) is 0.589. The Bertz CT molecular complexity index is 551. The van der Waals surface area contributed by atoms with Gasteiger partial charge in [0.25, 0.3) is 0 Å². The number of nitrogens with one attached hydrogen (secondary N) is 1. The van der Waals surface area contributed by atoms with Gasteiger partial charge >= 0.3 is 6.18 Å². The molecule has 0 radical (unpaired) electrons. The predicted octanol–water partition coefficient (Wildman–Crippen LogP) is 2.22. The zero-order chi connectivity index (χ0) is 16.4. The van der Waals surface area contributed by atoms with Crippen molar-refractivity contribution in [1.29, 1.82) is 0 Å². The topological polar surface area (TPSA) is 33.7 Å². The summed E-state index contributed by atoms with van der Waals surface area (Å²) in [6.07, 6.45) is -2.60. The molecule has 128 valence electrons. The van der Waals surface area contributed by atoms with E-state index in [-0.39, 0.29) is 12.1 Å². The molecule has 23 heavy (non-hydrogen) atoms. The molecule has 2 heterocycles. The van der Waals surface area contributed by atoms with Gasteiger partial charge in [0, 0.05) is 25.2 Å². The van der Waals surface area contributed by atoms with Gasteiger partial charge in [0.1, 0.15) is 6.61 Å². The largest absolute Gasteiger partial charge is 0.493 e. The number of para-hydroxylation sites is 1. The Hall–Kier alpha value is -1.47. The molecule has 0 spiro atoms. The van der Waals surface area contributed by atoms with Crippen molar-refractivity contribution in [1.82, 2.24) is 10.2 Å². The molecule has 1 aromatic carbocycles. The average Bonchev–Trinajstić information content (AvgIpc) is 2.91. The van der Waals surface area contributed by atoms with Crippen LogP contribution in [0.3, 0.4) is 0 Å². The molecule has 2 unspecified atom stereocenters. The van der Waals surface area contributed by atoms with E-state index in [0.717, 1.165) is 29.9 Å². The van der Waals surface area contributed by atoms with E-state index in [0.29, 0.717) is 19.7 Å². The highest BCUT2D eigenvalue weighted by Crippen LogP contribution is 2.34. The average molecular weight is 330 g/mol. The van der Waals surface area contributed by atoms with E-state index >= 15 is 0 Å². The smallest absolute Gasteiger partial charge is 0.401 e. The van der Waals surface area contributed by atoms with Crippen LogP contribution in [0.2, 0.25) is 0 Å². The number of hydrogen-bond donors (Lipinski definition) is 1. The molecule has 1 saturated heterocycles. The highest BCUT2D eigenvalue weighted by molar-refractivity contribution is 5.48. The van der Waals surface area contributed by atoms with Crippen molar-refractivity contribution in [3.63, 3.8) is 0 Å². The molecule has 7 heteroatoms. The summed E-state index contributed by atoms with van der Waals surface area (Å²) < 4.78 is 48.4. The van der Waals surface area contributed by atoms with Gasteiger partial charge in [-0.2, -0.15) is 13.2 Å². The van der Waals surface area contributed by atoms with Crippen LogP contribution in [0.5, 0.6) is 11.5 Å². The van der Waals surface area contributed by atoms with E-state index in [2.05, 4.69) is 5.32 Å². The van der Waals surface area contributed by atoms with Crippen molar-refractivity contribution in [2.75, 3.05) is 33.4 Å². The molecule has 0 amide bonds. The maximum Gasteiger partial charge on any atom is 0.401 e. The lowest BCUT2D eigenvalue weighted by Gasteiger charge is -2.29. The summed E-state index contributed by atoms with van der Waals surface area (Å²) in [5.74, 6) is 1.50. The molecule has 3 rings (SSSR count). The number of nitrogens with zero attached hydrogens (tertiary/aromatic N) is 1. The number of fused-ring (bicyclic) bond motifs is 1. The molecule has 4 nitrogen and oxygen atoms in total. The Balaban J connectivity index is 1.54. The SMILES string of the molecule is COc1cccc2c1OCC(NC1CCN(CC(F)(F)F)C1)C2. The summed E-state index contributed by atoms with van der Waals surface area (Å²) >= 11 is 0. The third-order valence-electron chi connectivity index (χ3n) is 4.32. The first-order valence-electron chi connectivity index (χ1n) is 7.78. The van der Waals surface area contributed by atoms with Crippen molar-refractivity contribution < 1.29 is 22.6 Å². The molecule has 2 aliphatic heterocycles. The zero-order valence-corrected chi connectivity index (χ0v) is 13.0. The van der Waals surface area contributed by atoms with Crippen LogP contribution in [0.15, 0.2) is 18.2 Å². The lowest BCUT2D eigenvalue weighted by Crippen LogP contribution is -2.46. The second-order valence-corrected chi connectivity index (χ2v) is 6.16. The second-order valence-electron chi connectivity index (χ2n) is 6.16. The molecular weight excluding hydrogens is 309 g/mol. The molecule has 2 aliphatic rings. The van der Waals surface area contributed by atoms with Gasteiger partial charge in [0.05, 0.1) is 13.7 Å². The van der Waals surface area contributed by atoms with Crippen LogP contribution < -0.4 is 14.8 Å². The van der Waals surface area contributed by atoms with Crippen LogP contribution in [0.25, 0.3) is 0 Å². The number of halogens is 3. The number of methoxy groups -OCH3 is 1. The van der Waals surface area contributed by atoms with E-state index in [1.807, 2.05) is 18.2 Å². The number of likely N-dealkylation sites (tertiary alicyclic amines) is 1. The van der Waals surface area contributed by atoms with Crippen LogP contribution in [-0.2, 0) is 6.42 Å². The van der Waals surface area contributed by atoms with Gasteiger partial charge in [-0.3, -0.25) is 4.90 Å². The summed E-state index contributed by atoms with van der Waals surface area (Å²) in [4.78, 5) is 1.46. The number of rotatable bonds is 4. The zero-order valence-electron chi connectivity index (χ0n) is 13.0. The Labute approximate surface area is 133 Å². The van der Waals surface area contributed by atoms with Crippen molar-refractivity contribution >= 4 is 0 Å². The lowest BCUT2D eigenvalue weighted by molar-refractivity contribution is -0.143. The Kier molecular flexibility index (Phi) is 4.68. The fourth-order valence-corrected chi connectivity index (χ4v) is 3.36. The third-order valence-corrected chi connectivity index (χ3v) is 4.32. The highest BCUT2D eigenvalue weighted by Gasteiger charge is 2.35. The minimum absolute atomic E-state index is 0.0816. The summed E-state index contributed by atoms with van der Waals surface area (Å²) in [5, 5.41) is 3.44. The first-order valence-corrected chi connectivity index (χ1v) is 7.78. The molecule has 0 bridgehead atoms. The van der Waals surface area contributed by atoms with Gasteiger partial charge in [-0.15, -0.1) is 0 Å². The predicted molar refractivity (Wildman–Crippen MR) is 80.0 cm³/mol. The normalized spacial score (nSPS) is 25.0. The number of ether oxygens (including phenoxy) is 2. The maximum absolute atomic E-state index is 12.4. The standard InChI is InChI=1S/C16H21F3N2O2/c1-22-14-4-2-3-11-7-13(9-23-15(11)14)20-12-5-6-21(8-12)10-16(17,18)19/h2-4,12-13,20H,5-10H2,1H3. The first kappa shape index (κ1) is 16.4. The van der Waals surface area contributed by atoms with Crippen molar-refractivity contribution in [3.05, 3.63) is 23.8 Å². The van der Waals surface area contributed by atoms with Crippen LogP contribution in [-0.4, -0.2) is 56.5 Å². The minimum Gasteiger partial charge on any atom is -0.493 e. The fraction of sp³-hybridized carbons (Fsp3) is 0.625. The van der Waals surface area contributed by atoms with Gasteiger partial charge in [0.2, 0.25) is 0 Å². The maximum atomic E-state index is 12.4. The van der Waals surface area contributed by atoms with E-state index in [1.54, 1.807) is 7.11 Å². The van der Waals surface area contributed by atoms with Crippen LogP contribution in [0.1, 0.15) is 12.0 Å². The molecular formula is C16H21F3N2O2. The fourth-order valence-electron chi connectivity index (χ4n) is 3.36. The van der Waals surface area contributed by atoms with Gasteiger partial charge < -0.3 is 14.8 Å². The van der Waals surface area contributed by atoms with Crippen molar-refractivity contribution in [3.8, 4) is 11.5 Å². The number of hydrogen-bond acceptors (Lipinski definition) is 4. The molecule has 0 aliphatic carbocycles. The quantitative estimate of drug-likeness (QED) is 0.918. The van der Waals surface area contributed by atoms with Crippen molar-refractivity contribution in [2.24, 2.45) is 0 Å². The van der Waals surface area contributed by atoms with Crippen LogP contribution in [0.4, 0.5) is 13.2 Å². The number of alkyl halides is 3. The van der Waals surface area contributed by atoms with Crippen LogP contribution >= 0.6 is 0 Å². The van der Waals surface area contributed by atoms with E-state index in [9.17, 15) is 13.2 Å². The van der Waals surface area contributed by atoms with Gasteiger partial charge in [-0.25, -0.2) is 0 Å². The molecule has 2 atom stereocenters. The lowest BCUT2D eigenvalue weighted by atomic mass is 10.0. The number of benzene rings is 1. The van der Waals surface area contributed by atoms with Crippen LogP contribution in [0, 0.1) is 0 Å². The Morgan fingerprint density at radius 1 is 1.35 bits per heavy atom. The first-order chi connectivity index (χ1) is 10.9. The minimum atomic E-state index is -4.13.